The zero-order chi connectivity index (χ0) is 19.6. The highest BCUT2D eigenvalue weighted by Gasteiger charge is 2.25. The lowest BCUT2D eigenvalue weighted by Crippen LogP contribution is -2.42. The monoisotopic (exact) mass is 370 g/mol. The maximum absolute atomic E-state index is 13.6. The second-order valence-corrected chi connectivity index (χ2v) is 5.43. The van der Waals surface area contributed by atoms with Crippen molar-refractivity contribution in [3.05, 3.63) is 77.6 Å². The van der Waals surface area contributed by atoms with E-state index in [4.69, 9.17) is 4.74 Å². The number of hydrogen-bond donors (Lipinski definition) is 2. The summed E-state index contributed by atoms with van der Waals surface area (Å²) in [6.07, 6.45) is 0.946. The maximum Gasteiger partial charge on any atom is 0.331 e. The summed E-state index contributed by atoms with van der Waals surface area (Å²) in [4.78, 5) is 36.1. The summed E-state index contributed by atoms with van der Waals surface area (Å²) in [5, 5.41) is 4.54. The first kappa shape index (κ1) is 19.8. The maximum atomic E-state index is 13.6. The lowest BCUT2D eigenvalue weighted by Gasteiger charge is -2.16. The van der Waals surface area contributed by atoms with Gasteiger partial charge in [-0.05, 0) is 19.1 Å². The second-order valence-electron chi connectivity index (χ2n) is 5.43. The minimum atomic E-state index is -1.33. The molecule has 0 aromatic heterocycles. The number of imide groups is 1. The Hall–Kier alpha value is -3.48. The minimum absolute atomic E-state index is 0.206. The Morgan fingerprint density at radius 2 is 1.74 bits per heavy atom. The van der Waals surface area contributed by atoms with Crippen LogP contribution in [0.5, 0.6) is 0 Å². The van der Waals surface area contributed by atoms with Crippen molar-refractivity contribution in [1.29, 1.82) is 0 Å². The molecule has 0 aliphatic rings. The Morgan fingerprint density at radius 3 is 2.41 bits per heavy atom. The van der Waals surface area contributed by atoms with Crippen LogP contribution in [0.25, 0.3) is 6.08 Å². The average Bonchev–Trinajstić information content (AvgIpc) is 2.66. The van der Waals surface area contributed by atoms with Crippen LogP contribution in [0.4, 0.5) is 9.18 Å². The van der Waals surface area contributed by atoms with Crippen molar-refractivity contribution < 1.29 is 23.5 Å². The summed E-state index contributed by atoms with van der Waals surface area (Å²) in [7, 11) is 0. The van der Waals surface area contributed by atoms with Gasteiger partial charge in [-0.15, -0.1) is 0 Å². The molecule has 1 unspecified atom stereocenters. The van der Waals surface area contributed by atoms with Crippen molar-refractivity contribution in [2.45, 2.75) is 13.0 Å². The van der Waals surface area contributed by atoms with Crippen molar-refractivity contribution in [3.8, 4) is 0 Å². The van der Waals surface area contributed by atoms with Gasteiger partial charge in [0.2, 0.25) is 6.10 Å². The van der Waals surface area contributed by atoms with Gasteiger partial charge in [0.15, 0.2) is 0 Å². The average molecular weight is 370 g/mol. The number of halogens is 1. The third-order valence-electron chi connectivity index (χ3n) is 3.45. The number of esters is 1. The smallest absolute Gasteiger partial charge is 0.331 e. The number of amides is 3. The number of carbonyl (C=O) groups excluding carboxylic acids is 3. The molecule has 2 rings (SSSR count). The van der Waals surface area contributed by atoms with Gasteiger partial charge in [-0.2, -0.15) is 0 Å². The Bertz CT molecular complexity index is 837. The number of rotatable bonds is 6. The van der Waals surface area contributed by atoms with Gasteiger partial charge in [-0.3, -0.25) is 10.1 Å². The molecule has 0 heterocycles. The first-order chi connectivity index (χ1) is 13.0. The van der Waals surface area contributed by atoms with E-state index in [1.54, 1.807) is 43.3 Å². The molecule has 6 nitrogen and oxygen atoms in total. The number of ether oxygens (including phenoxy) is 1. The third-order valence-corrected chi connectivity index (χ3v) is 3.45. The quantitative estimate of drug-likeness (QED) is 0.605. The molecule has 0 aliphatic heterocycles. The van der Waals surface area contributed by atoms with E-state index >= 15 is 0 Å². The zero-order valence-electron chi connectivity index (χ0n) is 14.6. The summed E-state index contributed by atoms with van der Waals surface area (Å²) >= 11 is 0. The predicted octanol–water partition coefficient (Wildman–Crippen LogP) is 2.97. The van der Waals surface area contributed by atoms with Crippen LogP contribution in [0.1, 0.15) is 24.2 Å². The summed E-state index contributed by atoms with van der Waals surface area (Å²) in [6.45, 7) is 2.03. The van der Waals surface area contributed by atoms with E-state index in [1.807, 2.05) is 0 Å². The molecule has 0 spiro atoms. The SMILES string of the molecule is CCNC(=O)NC(=O)C(OC(=O)/C=C/c1ccccc1F)c1ccccc1. The van der Waals surface area contributed by atoms with E-state index in [0.717, 1.165) is 6.08 Å². The second kappa shape index (κ2) is 9.86. The molecular formula is C20H19FN2O4. The molecule has 3 amide bonds. The van der Waals surface area contributed by atoms with E-state index in [0.29, 0.717) is 12.1 Å². The highest BCUT2D eigenvalue weighted by Crippen LogP contribution is 2.18. The van der Waals surface area contributed by atoms with Crippen molar-refractivity contribution in [2.75, 3.05) is 6.54 Å². The minimum Gasteiger partial charge on any atom is -0.444 e. The number of hydrogen-bond acceptors (Lipinski definition) is 4. The number of benzene rings is 2. The molecule has 2 aromatic carbocycles. The molecule has 27 heavy (non-hydrogen) atoms. The fraction of sp³-hybridized carbons (Fsp3) is 0.150. The predicted molar refractivity (Wildman–Crippen MR) is 97.9 cm³/mol. The van der Waals surface area contributed by atoms with E-state index in [2.05, 4.69) is 10.6 Å². The molecule has 2 N–H and O–H groups in total. The van der Waals surface area contributed by atoms with Crippen molar-refractivity contribution in [2.24, 2.45) is 0 Å². The summed E-state index contributed by atoms with van der Waals surface area (Å²) in [5.74, 6) is -2.13. The molecule has 0 aliphatic carbocycles. The molecule has 7 heteroatoms. The number of nitrogens with one attached hydrogen (secondary N) is 2. The first-order valence-electron chi connectivity index (χ1n) is 8.28. The van der Waals surface area contributed by atoms with Gasteiger partial charge < -0.3 is 10.1 Å². The lowest BCUT2D eigenvalue weighted by atomic mass is 10.1. The fourth-order valence-corrected chi connectivity index (χ4v) is 2.21. The van der Waals surface area contributed by atoms with Crippen LogP contribution in [0.2, 0.25) is 0 Å². The summed E-state index contributed by atoms with van der Waals surface area (Å²) in [5.41, 5.74) is 0.601. The molecule has 0 fully saturated rings. The molecule has 0 saturated heterocycles. The Balaban J connectivity index is 2.14. The molecule has 0 bridgehead atoms. The van der Waals surface area contributed by atoms with Gasteiger partial charge in [0, 0.05) is 23.7 Å². The fourth-order valence-electron chi connectivity index (χ4n) is 2.21. The highest BCUT2D eigenvalue weighted by atomic mass is 19.1. The van der Waals surface area contributed by atoms with Crippen LogP contribution in [-0.2, 0) is 14.3 Å². The zero-order valence-corrected chi connectivity index (χ0v) is 14.6. The highest BCUT2D eigenvalue weighted by molar-refractivity contribution is 5.98. The van der Waals surface area contributed by atoms with Gasteiger partial charge in [-0.25, -0.2) is 14.0 Å². The van der Waals surface area contributed by atoms with E-state index in [-0.39, 0.29) is 5.56 Å². The first-order valence-corrected chi connectivity index (χ1v) is 8.28. The molecule has 1 atom stereocenters. The van der Waals surface area contributed by atoms with Crippen LogP contribution in [0.15, 0.2) is 60.7 Å². The third kappa shape index (κ3) is 6.07. The van der Waals surface area contributed by atoms with E-state index < -0.39 is 29.8 Å². The standard InChI is InChI=1S/C20H19FN2O4/c1-2-22-20(26)23-19(25)18(15-9-4-3-5-10-15)27-17(24)13-12-14-8-6-7-11-16(14)21/h3-13,18H,2H2,1H3,(H2,22,23,25,26)/b13-12+. The van der Waals surface area contributed by atoms with Gasteiger partial charge in [0.25, 0.3) is 5.91 Å². The normalized spacial score (nSPS) is 11.6. The molecule has 140 valence electrons. The molecule has 2 aromatic rings. The summed E-state index contributed by atoms with van der Waals surface area (Å²) < 4.78 is 18.8. The van der Waals surface area contributed by atoms with E-state index in [1.165, 1.54) is 24.3 Å². The Labute approximate surface area is 156 Å². The van der Waals surface area contributed by atoms with Crippen LogP contribution in [-0.4, -0.2) is 24.5 Å². The van der Waals surface area contributed by atoms with Crippen LogP contribution >= 0.6 is 0 Å². The Kier molecular flexibility index (Phi) is 7.25. The van der Waals surface area contributed by atoms with Crippen LogP contribution in [0.3, 0.4) is 0 Å². The lowest BCUT2D eigenvalue weighted by molar-refractivity contribution is -0.151. The van der Waals surface area contributed by atoms with Crippen LogP contribution in [0, 0.1) is 5.82 Å². The number of urea groups is 1. The van der Waals surface area contributed by atoms with Gasteiger partial charge in [-0.1, -0.05) is 48.5 Å². The van der Waals surface area contributed by atoms with Gasteiger partial charge >= 0.3 is 12.0 Å². The van der Waals surface area contributed by atoms with Gasteiger partial charge in [0.05, 0.1) is 0 Å². The number of carbonyl (C=O) groups is 3. The largest absolute Gasteiger partial charge is 0.444 e. The van der Waals surface area contributed by atoms with E-state index in [9.17, 15) is 18.8 Å². The summed E-state index contributed by atoms with van der Waals surface area (Å²) in [6, 6.07) is 13.5. The van der Waals surface area contributed by atoms with Gasteiger partial charge in [0.1, 0.15) is 5.82 Å². The van der Waals surface area contributed by atoms with Crippen molar-refractivity contribution >= 4 is 24.0 Å². The van der Waals surface area contributed by atoms with Crippen LogP contribution < -0.4 is 10.6 Å². The Morgan fingerprint density at radius 1 is 1.07 bits per heavy atom. The van der Waals surface area contributed by atoms with Crippen molar-refractivity contribution in [1.82, 2.24) is 10.6 Å². The molecule has 0 saturated carbocycles. The molecule has 0 radical (unpaired) electrons. The topological polar surface area (TPSA) is 84.5 Å². The van der Waals surface area contributed by atoms with Crippen molar-refractivity contribution in [3.63, 3.8) is 0 Å². The molecular weight excluding hydrogens is 351 g/mol.